The van der Waals surface area contributed by atoms with Crippen LogP contribution in [-0.2, 0) is 12.0 Å². The Bertz CT molecular complexity index is 420. The maximum absolute atomic E-state index is 4.97. The van der Waals surface area contributed by atoms with Crippen LogP contribution in [0.5, 0.6) is 0 Å². The molecule has 1 fully saturated rings. The van der Waals surface area contributed by atoms with E-state index in [4.69, 9.17) is 4.98 Å². The van der Waals surface area contributed by atoms with Crippen LogP contribution < -0.4 is 10.2 Å². The molecule has 0 radical (unpaired) electrons. The van der Waals surface area contributed by atoms with Gasteiger partial charge >= 0.3 is 0 Å². The van der Waals surface area contributed by atoms with Crippen LogP contribution in [0.2, 0.25) is 0 Å². The van der Waals surface area contributed by atoms with Gasteiger partial charge in [0.25, 0.3) is 0 Å². The first-order valence-electron chi connectivity index (χ1n) is 7.41. The minimum Gasteiger partial charge on any atom is -0.345 e. The topological polar surface area (TPSA) is 28.2 Å². The first-order chi connectivity index (χ1) is 8.93. The third-order valence-corrected chi connectivity index (χ3v) is 4.82. The number of nitrogens with one attached hydrogen (secondary N) is 1. The second-order valence-corrected chi connectivity index (χ2v) is 7.55. The molecule has 1 N–H and O–H groups in total. The summed E-state index contributed by atoms with van der Waals surface area (Å²) in [4.78, 5) is 8.86. The standard InChI is InChI=1S/C15H27N3S/c1-6-16-10-12-13(15(3,4)5)17-14(19-12)18-9-7-8-11(18)2/h11,16H,6-10H2,1-5H3. The molecule has 1 aromatic heterocycles. The highest BCUT2D eigenvalue weighted by Crippen LogP contribution is 2.36. The summed E-state index contributed by atoms with van der Waals surface area (Å²) in [6.07, 6.45) is 2.60. The molecular weight excluding hydrogens is 254 g/mol. The Morgan fingerprint density at radius 3 is 2.68 bits per heavy atom. The maximum atomic E-state index is 4.97. The van der Waals surface area contributed by atoms with E-state index >= 15 is 0 Å². The fraction of sp³-hybridized carbons (Fsp3) is 0.800. The van der Waals surface area contributed by atoms with Crippen molar-refractivity contribution in [3.63, 3.8) is 0 Å². The SMILES string of the molecule is CCNCc1sc(N2CCCC2C)nc1C(C)(C)C. The maximum Gasteiger partial charge on any atom is 0.186 e. The van der Waals surface area contributed by atoms with Crippen LogP contribution in [0.3, 0.4) is 0 Å². The molecule has 19 heavy (non-hydrogen) atoms. The van der Waals surface area contributed by atoms with E-state index in [0.29, 0.717) is 6.04 Å². The molecule has 0 spiro atoms. The van der Waals surface area contributed by atoms with Crippen LogP contribution in [0.25, 0.3) is 0 Å². The summed E-state index contributed by atoms with van der Waals surface area (Å²) < 4.78 is 0. The number of hydrogen-bond donors (Lipinski definition) is 1. The normalized spacial score (nSPS) is 20.3. The van der Waals surface area contributed by atoms with E-state index in [9.17, 15) is 0 Å². The van der Waals surface area contributed by atoms with E-state index in [1.807, 2.05) is 11.3 Å². The number of hydrogen-bond acceptors (Lipinski definition) is 4. The monoisotopic (exact) mass is 281 g/mol. The van der Waals surface area contributed by atoms with Crippen LogP contribution in [-0.4, -0.2) is 24.1 Å². The Morgan fingerprint density at radius 2 is 2.16 bits per heavy atom. The van der Waals surface area contributed by atoms with Gasteiger partial charge in [-0.1, -0.05) is 27.7 Å². The van der Waals surface area contributed by atoms with E-state index in [0.717, 1.165) is 13.1 Å². The third kappa shape index (κ3) is 3.29. The Balaban J connectivity index is 2.28. The van der Waals surface area contributed by atoms with Crippen molar-refractivity contribution in [2.75, 3.05) is 18.0 Å². The van der Waals surface area contributed by atoms with Gasteiger partial charge in [0.1, 0.15) is 0 Å². The van der Waals surface area contributed by atoms with Crippen molar-refractivity contribution in [1.82, 2.24) is 10.3 Å². The molecule has 0 amide bonds. The number of thiazole rings is 1. The van der Waals surface area contributed by atoms with Gasteiger partial charge in [0.15, 0.2) is 5.13 Å². The summed E-state index contributed by atoms with van der Waals surface area (Å²) in [5, 5.41) is 4.67. The average Bonchev–Trinajstić information content (AvgIpc) is 2.91. The summed E-state index contributed by atoms with van der Waals surface area (Å²) in [6, 6.07) is 0.644. The van der Waals surface area contributed by atoms with Crippen molar-refractivity contribution in [2.45, 2.75) is 65.5 Å². The molecule has 1 saturated heterocycles. The highest BCUT2D eigenvalue weighted by atomic mass is 32.1. The van der Waals surface area contributed by atoms with Crippen molar-refractivity contribution in [3.8, 4) is 0 Å². The predicted octanol–water partition coefficient (Wildman–Crippen LogP) is 3.54. The smallest absolute Gasteiger partial charge is 0.186 e. The quantitative estimate of drug-likeness (QED) is 0.915. The van der Waals surface area contributed by atoms with Crippen molar-refractivity contribution >= 4 is 16.5 Å². The fourth-order valence-electron chi connectivity index (χ4n) is 2.62. The summed E-state index contributed by atoms with van der Waals surface area (Å²) >= 11 is 1.88. The number of nitrogens with zero attached hydrogens (tertiary/aromatic N) is 2. The Hall–Kier alpha value is -0.610. The minimum atomic E-state index is 0.127. The lowest BCUT2D eigenvalue weighted by atomic mass is 9.91. The number of rotatable bonds is 4. The van der Waals surface area contributed by atoms with Crippen molar-refractivity contribution < 1.29 is 0 Å². The Morgan fingerprint density at radius 1 is 1.42 bits per heavy atom. The summed E-state index contributed by atoms with van der Waals surface area (Å²) in [7, 11) is 0. The molecule has 1 atom stereocenters. The van der Waals surface area contributed by atoms with Gasteiger partial charge in [-0.25, -0.2) is 4.98 Å². The molecule has 1 aliphatic rings. The molecule has 0 bridgehead atoms. The molecular formula is C15H27N3S. The first kappa shape index (κ1) is 14.8. The van der Waals surface area contributed by atoms with Gasteiger partial charge < -0.3 is 10.2 Å². The molecule has 2 heterocycles. The van der Waals surface area contributed by atoms with Crippen molar-refractivity contribution in [3.05, 3.63) is 10.6 Å². The molecule has 3 nitrogen and oxygen atoms in total. The third-order valence-electron chi connectivity index (χ3n) is 3.73. The van der Waals surface area contributed by atoms with Crippen LogP contribution in [0, 0.1) is 0 Å². The molecule has 2 rings (SSSR count). The molecule has 1 unspecified atom stereocenters. The van der Waals surface area contributed by atoms with E-state index in [1.165, 1.54) is 35.1 Å². The zero-order valence-electron chi connectivity index (χ0n) is 12.9. The van der Waals surface area contributed by atoms with Crippen LogP contribution in [0.4, 0.5) is 5.13 Å². The average molecular weight is 281 g/mol. The molecule has 0 aromatic carbocycles. The molecule has 0 saturated carbocycles. The zero-order valence-corrected chi connectivity index (χ0v) is 13.7. The van der Waals surface area contributed by atoms with Gasteiger partial charge in [-0.2, -0.15) is 0 Å². The first-order valence-corrected chi connectivity index (χ1v) is 8.22. The van der Waals surface area contributed by atoms with Crippen molar-refractivity contribution in [2.24, 2.45) is 0 Å². The van der Waals surface area contributed by atoms with Gasteiger partial charge in [-0.3, -0.25) is 0 Å². The Labute approximate surface area is 121 Å². The van der Waals surface area contributed by atoms with E-state index < -0.39 is 0 Å². The summed E-state index contributed by atoms with van der Waals surface area (Å²) in [5.41, 5.74) is 1.40. The Kier molecular flexibility index (Phi) is 4.51. The molecule has 0 aliphatic carbocycles. The van der Waals surface area contributed by atoms with E-state index in [2.05, 4.69) is 44.8 Å². The van der Waals surface area contributed by atoms with Crippen molar-refractivity contribution in [1.29, 1.82) is 0 Å². The lowest BCUT2D eigenvalue weighted by Crippen LogP contribution is -2.26. The zero-order chi connectivity index (χ0) is 14.0. The lowest BCUT2D eigenvalue weighted by Gasteiger charge is -2.20. The number of aromatic nitrogens is 1. The van der Waals surface area contributed by atoms with E-state index in [-0.39, 0.29) is 5.41 Å². The van der Waals surface area contributed by atoms with Gasteiger partial charge in [-0.15, -0.1) is 11.3 Å². The molecule has 1 aliphatic heterocycles. The van der Waals surface area contributed by atoms with E-state index in [1.54, 1.807) is 0 Å². The highest BCUT2D eigenvalue weighted by Gasteiger charge is 2.28. The van der Waals surface area contributed by atoms with Gasteiger partial charge in [0.2, 0.25) is 0 Å². The summed E-state index contributed by atoms with van der Waals surface area (Å²) in [5.74, 6) is 0. The fourth-order valence-corrected chi connectivity index (χ4v) is 3.99. The molecule has 4 heteroatoms. The predicted molar refractivity (Wildman–Crippen MR) is 84.2 cm³/mol. The molecule has 108 valence electrons. The number of anilines is 1. The highest BCUT2D eigenvalue weighted by molar-refractivity contribution is 7.15. The second kappa shape index (κ2) is 5.80. The minimum absolute atomic E-state index is 0.127. The lowest BCUT2D eigenvalue weighted by molar-refractivity contribution is 0.560. The van der Waals surface area contributed by atoms with Crippen LogP contribution in [0.15, 0.2) is 0 Å². The summed E-state index contributed by atoms with van der Waals surface area (Å²) in [6.45, 7) is 14.4. The van der Waals surface area contributed by atoms with Gasteiger partial charge in [0, 0.05) is 29.4 Å². The van der Waals surface area contributed by atoms with Crippen LogP contribution in [0.1, 0.15) is 58.0 Å². The van der Waals surface area contributed by atoms with Gasteiger partial charge in [-0.05, 0) is 26.3 Å². The largest absolute Gasteiger partial charge is 0.345 e. The molecule has 1 aromatic rings. The van der Waals surface area contributed by atoms with Crippen LogP contribution >= 0.6 is 11.3 Å². The van der Waals surface area contributed by atoms with Gasteiger partial charge in [0.05, 0.1) is 5.69 Å². The second-order valence-electron chi connectivity index (χ2n) is 6.48.